The zero-order valence-electron chi connectivity index (χ0n) is 17.9. The summed E-state index contributed by atoms with van der Waals surface area (Å²) in [4.78, 5) is 32.8. The van der Waals surface area contributed by atoms with E-state index in [4.69, 9.17) is 9.47 Å². The number of anilines is 1. The molecule has 0 saturated heterocycles. The van der Waals surface area contributed by atoms with E-state index < -0.39 is 47.8 Å². The third kappa shape index (κ3) is 10.5. The molecule has 15 heteroatoms. The molecule has 0 saturated carbocycles. The number of nitrogens with two attached hydrogens (primary N) is 1. The molecule has 0 aliphatic heterocycles. The molecule has 0 aliphatic rings. The van der Waals surface area contributed by atoms with E-state index in [0.717, 1.165) is 0 Å². The monoisotopic (exact) mass is 573 g/mol. The lowest BCUT2D eigenvalue weighted by Gasteiger charge is -2.14. The minimum absolute atomic E-state index is 0.0765. The van der Waals surface area contributed by atoms with E-state index in [2.05, 4.69) is 27.0 Å². The lowest BCUT2D eigenvalue weighted by Crippen LogP contribution is -2.37. The highest BCUT2D eigenvalue weighted by Crippen LogP contribution is 2.38. The summed E-state index contributed by atoms with van der Waals surface area (Å²) >= 11 is 3.21. The maximum Gasteiger partial charge on any atom is 0.416 e. The van der Waals surface area contributed by atoms with Crippen molar-refractivity contribution in [3.05, 3.63) is 52.0 Å². The number of hydrogen-bond donors (Lipinski definition) is 3. The molecule has 2 rings (SSSR count). The number of alkyl halides is 6. The number of imide groups is 1. The summed E-state index contributed by atoms with van der Waals surface area (Å²) < 4.78 is 87.3. The van der Waals surface area contributed by atoms with Gasteiger partial charge in [-0.05, 0) is 46.3 Å². The van der Waals surface area contributed by atoms with Gasteiger partial charge >= 0.3 is 18.4 Å². The van der Waals surface area contributed by atoms with Gasteiger partial charge in [-0.25, -0.2) is 4.79 Å². The molecule has 0 aliphatic carbocycles. The molecule has 0 heterocycles. The fraction of sp³-hybridized carbons (Fsp3) is 0.250. The van der Waals surface area contributed by atoms with E-state index in [0.29, 0.717) is 22.4 Å². The Bertz CT molecular complexity index is 1040. The van der Waals surface area contributed by atoms with E-state index in [1.54, 1.807) is 6.07 Å². The summed E-state index contributed by atoms with van der Waals surface area (Å²) in [5.41, 5.74) is 1.53. The molecule has 35 heavy (non-hydrogen) atoms. The zero-order valence-corrected chi connectivity index (χ0v) is 19.5. The number of ether oxygens (including phenoxy) is 2. The number of methoxy groups -OCH3 is 1. The van der Waals surface area contributed by atoms with Crippen LogP contribution in [0, 0.1) is 0 Å². The number of benzene rings is 2. The van der Waals surface area contributed by atoms with Gasteiger partial charge < -0.3 is 20.5 Å². The molecule has 0 unspecified atom stereocenters. The Hall–Kier alpha value is -3.49. The van der Waals surface area contributed by atoms with Gasteiger partial charge in [0.15, 0.2) is 6.61 Å². The molecular weight excluding hydrogens is 556 g/mol. The Morgan fingerprint density at radius 2 is 1.49 bits per heavy atom. The summed E-state index contributed by atoms with van der Waals surface area (Å²) in [6.45, 7) is 0.301. The maximum absolute atomic E-state index is 12.8. The van der Waals surface area contributed by atoms with Gasteiger partial charge in [-0.3, -0.25) is 14.9 Å². The van der Waals surface area contributed by atoms with Crippen LogP contribution >= 0.6 is 15.9 Å². The predicted molar refractivity (Wildman–Crippen MR) is 115 cm³/mol. The van der Waals surface area contributed by atoms with Gasteiger partial charge in [-0.1, -0.05) is 0 Å². The average Bonchev–Trinajstić information content (AvgIpc) is 2.71. The first kappa shape index (κ1) is 29.5. The Labute approximate surface area is 202 Å². The van der Waals surface area contributed by atoms with Gasteiger partial charge in [0.05, 0.1) is 22.7 Å². The maximum atomic E-state index is 12.8. The molecule has 2 aromatic carbocycles. The van der Waals surface area contributed by atoms with Gasteiger partial charge in [0.1, 0.15) is 11.5 Å². The molecule has 2 aromatic rings. The number of carbonyl (C=O) groups excluding carboxylic acids is 3. The summed E-state index contributed by atoms with van der Waals surface area (Å²) in [5, 5.41) is 4.14. The molecular formula is C20H18BrF6N3O5. The van der Waals surface area contributed by atoms with Crippen molar-refractivity contribution in [1.29, 1.82) is 0 Å². The molecule has 0 atom stereocenters. The molecule has 0 spiro atoms. The van der Waals surface area contributed by atoms with Crippen LogP contribution in [0.3, 0.4) is 0 Å². The van der Waals surface area contributed by atoms with Gasteiger partial charge in [0.2, 0.25) is 5.91 Å². The number of amides is 4. The van der Waals surface area contributed by atoms with Gasteiger partial charge in [0.25, 0.3) is 5.91 Å². The summed E-state index contributed by atoms with van der Waals surface area (Å²) in [5.74, 6) is -1.89. The first-order valence-corrected chi connectivity index (χ1v) is 9.95. The standard InChI is InChI=1S/C18H13BrF6N2O4.C2H5NO/c1-30-14-7-11(2-3-13(14)19)26-16(29)27-15(28)8-31-12-5-9(17(20,21)22)4-10(6-12)18(23,24)25;1-2(3)4/h2-7H,8H2,1H3,(H2,26,27,28,29);1H3,(H2,3,4). The highest BCUT2D eigenvalue weighted by molar-refractivity contribution is 9.10. The SMILES string of the molecule is CC(N)=O.COc1cc(NC(=O)NC(=O)COc2cc(C(F)(F)F)cc(C(F)(F)F)c2)ccc1Br. The molecule has 0 aromatic heterocycles. The fourth-order valence-electron chi connectivity index (χ4n) is 2.22. The Kier molecular flexibility index (Phi) is 10.4. The van der Waals surface area contributed by atoms with Crippen molar-refractivity contribution < 1.29 is 50.2 Å². The second-order valence-electron chi connectivity index (χ2n) is 6.49. The number of rotatable bonds is 5. The van der Waals surface area contributed by atoms with Crippen LogP contribution in [0.1, 0.15) is 18.1 Å². The quantitative estimate of drug-likeness (QED) is 0.447. The van der Waals surface area contributed by atoms with Crippen molar-refractivity contribution in [2.75, 3.05) is 19.0 Å². The lowest BCUT2D eigenvalue weighted by atomic mass is 10.1. The second kappa shape index (κ2) is 12.3. The zero-order chi connectivity index (χ0) is 27.0. The van der Waals surface area contributed by atoms with Crippen LogP contribution in [-0.4, -0.2) is 31.6 Å². The second-order valence-corrected chi connectivity index (χ2v) is 7.35. The molecule has 8 nitrogen and oxygen atoms in total. The van der Waals surface area contributed by atoms with Crippen molar-refractivity contribution in [3.8, 4) is 11.5 Å². The van der Waals surface area contributed by atoms with Crippen molar-refractivity contribution in [2.45, 2.75) is 19.3 Å². The third-order valence-corrected chi connectivity index (χ3v) is 4.25. The van der Waals surface area contributed by atoms with Crippen LogP contribution in [0.15, 0.2) is 40.9 Å². The van der Waals surface area contributed by atoms with Gasteiger partial charge in [-0.15, -0.1) is 0 Å². The van der Waals surface area contributed by atoms with E-state index in [1.807, 2.05) is 5.32 Å². The Morgan fingerprint density at radius 3 is 1.94 bits per heavy atom. The first-order valence-electron chi connectivity index (χ1n) is 9.15. The van der Waals surface area contributed by atoms with Crippen LogP contribution < -0.4 is 25.8 Å². The first-order chi connectivity index (χ1) is 16.0. The predicted octanol–water partition coefficient (Wildman–Crippen LogP) is 4.71. The lowest BCUT2D eigenvalue weighted by molar-refractivity contribution is -0.143. The third-order valence-electron chi connectivity index (χ3n) is 3.59. The van der Waals surface area contributed by atoms with Crippen LogP contribution in [0.25, 0.3) is 0 Å². The number of primary amides is 1. The highest BCUT2D eigenvalue weighted by atomic mass is 79.9. The topological polar surface area (TPSA) is 120 Å². The average molecular weight is 574 g/mol. The van der Waals surface area contributed by atoms with E-state index >= 15 is 0 Å². The summed E-state index contributed by atoms with van der Waals surface area (Å²) in [6, 6.07) is 4.03. The molecule has 4 N–H and O–H groups in total. The van der Waals surface area contributed by atoms with E-state index in [-0.39, 0.29) is 17.7 Å². The molecule has 0 bridgehead atoms. The number of urea groups is 1. The normalized spacial score (nSPS) is 11.0. The smallest absolute Gasteiger partial charge is 0.416 e. The minimum atomic E-state index is -5.06. The number of halogens is 7. The highest BCUT2D eigenvalue weighted by Gasteiger charge is 2.37. The Morgan fingerprint density at radius 1 is 0.971 bits per heavy atom. The molecule has 0 radical (unpaired) electrons. The molecule has 4 amide bonds. The van der Waals surface area contributed by atoms with Crippen LogP contribution in [-0.2, 0) is 21.9 Å². The number of hydrogen-bond acceptors (Lipinski definition) is 5. The summed E-state index contributed by atoms with van der Waals surface area (Å²) in [6.07, 6.45) is -10.1. The van der Waals surface area contributed by atoms with Crippen LogP contribution in [0.2, 0.25) is 0 Å². The van der Waals surface area contributed by atoms with Crippen molar-refractivity contribution in [3.63, 3.8) is 0 Å². The molecule has 0 fully saturated rings. The van der Waals surface area contributed by atoms with Crippen molar-refractivity contribution in [2.24, 2.45) is 5.73 Å². The molecule has 192 valence electrons. The van der Waals surface area contributed by atoms with Crippen molar-refractivity contribution in [1.82, 2.24) is 5.32 Å². The van der Waals surface area contributed by atoms with Crippen molar-refractivity contribution >= 4 is 39.5 Å². The van der Waals surface area contributed by atoms with Crippen LogP contribution in [0.5, 0.6) is 11.5 Å². The van der Waals surface area contributed by atoms with E-state index in [1.165, 1.54) is 26.2 Å². The number of carbonyl (C=O) groups is 3. The fourth-order valence-corrected chi connectivity index (χ4v) is 2.63. The van der Waals surface area contributed by atoms with E-state index in [9.17, 15) is 40.7 Å². The summed E-state index contributed by atoms with van der Waals surface area (Å²) in [7, 11) is 1.39. The van der Waals surface area contributed by atoms with Gasteiger partial charge in [-0.2, -0.15) is 26.3 Å². The Balaban J connectivity index is 0.00000142. The van der Waals surface area contributed by atoms with Gasteiger partial charge in [0, 0.05) is 18.7 Å². The van der Waals surface area contributed by atoms with Crippen LogP contribution in [0.4, 0.5) is 36.8 Å². The largest absolute Gasteiger partial charge is 0.495 e. The minimum Gasteiger partial charge on any atom is -0.495 e. The number of nitrogens with one attached hydrogen (secondary N) is 2.